The van der Waals surface area contributed by atoms with E-state index in [1.165, 1.54) is 89.0 Å². The maximum absolute atomic E-state index is 4.06. The van der Waals surface area contributed by atoms with E-state index in [9.17, 15) is 0 Å². The topological polar surface area (TPSA) is 6.48 Å². The summed E-state index contributed by atoms with van der Waals surface area (Å²) < 4.78 is 0. The summed E-state index contributed by atoms with van der Waals surface area (Å²) >= 11 is 0. The molecule has 0 N–H and O–H groups in total. The van der Waals surface area contributed by atoms with Gasteiger partial charge in [-0.2, -0.15) is 0 Å². The standard InChI is InChI=1S/C84H68N2/c1-7-61-31-35-63(36-32-61)55-83(79-51-57(3)27-29-59(79)5)77-25-17-15-23-73(77)75-49-47-71(53-81(75)83)85(67-19-11-9-12-20-67)69-43-39-65(40-44-69)66-41-45-70(46-42-66)86(68-21-13-10-14-22-68)72-48-50-76-74-24-16-18-26-78(74)84(82(76)54-72,80-52-58(4)28-30-60(80)6)56-64-37-33-62(8-2)34-38-64/h7-54H,1-2,55-56H2,3-6H3. The first-order valence-corrected chi connectivity index (χ1v) is 30.1. The van der Waals surface area contributed by atoms with E-state index < -0.39 is 10.8 Å². The van der Waals surface area contributed by atoms with E-state index in [0.717, 1.165) is 69.2 Å². The lowest BCUT2D eigenvalue weighted by atomic mass is 9.67. The van der Waals surface area contributed by atoms with Crippen LogP contribution in [0, 0.1) is 27.7 Å². The first kappa shape index (κ1) is 53.7. The molecule has 2 atom stereocenters. The largest absolute Gasteiger partial charge is 0.310 e. The second kappa shape index (κ2) is 22.0. The summed E-state index contributed by atoms with van der Waals surface area (Å²) in [6.07, 6.45) is 5.48. The van der Waals surface area contributed by atoms with Crippen LogP contribution >= 0.6 is 0 Å². The minimum Gasteiger partial charge on any atom is -0.310 e. The normalized spacial score (nSPS) is 15.3. The van der Waals surface area contributed by atoms with Crippen molar-refractivity contribution >= 4 is 46.3 Å². The molecule has 86 heavy (non-hydrogen) atoms. The number of nitrogens with zero attached hydrogens (tertiary/aromatic N) is 2. The summed E-state index contributed by atoms with van der Waals surface area (Å²) in [5, 5.41) is 0. The smallest absolute Gasteiger partial charge is 0.0507 e. The van der Waals surface area contributed by atoms with Gasteiger partial charge in [-0.05, 0) is 213 Å². The molecule has 2 aliphatic rings. The van der Waals surface area contributed by atoms with Crippen molar-refractivity contribution in [1.82, 2.24) is 0 Å². The Morgan fingerprint density at radius 2 is 0.628 bits per heavy atom. The third-order valence-corrected chi connectivity index (χ3v) is 18.5. The van der Waals surface area contributed by atoms with Crippen molar-refractivity contribution in [2.24, 2.45) is 0 Å². The average Bonchev–Trinajstić information content (AvgIpc) is 1.57. The van der Waals surface area contributed by atoms with Gasteiger partial charge in [-0.25, -0.2) is 0 Å². The maximum Gasteiger partial charge on any atom is 0.0507 e. The number of para-hydroxylation sites is 2. The van der Waals surface area contributed by atoms with E-state index in [4.69, 9.17) is 0 Å². The number of hydrogen-bond acceptors (Lipinski definition) is 2. The van der Waals surface area contributed by atoms with Gasteiger partial charge in [0, 0.05) is 34.1 Å². The molecule has 0 saturated carbocycles. The molecule has 12 aromatic rings. The van der Waals surface area contributed by atoms with Crippen LogP contribution in [-0.2, 0) is 23.7 Å². The van der Waals surface area contributed by atoms with Gasteiger partial charge in [0.1, 0.15) is 0 Å². The molecule has 0 aromatic heterocycles. The van der Waals surface area contributed by atoms with Gasteiger partial charge in [-0.1, -0.05) is 243 Å². The van der Waals surface area contributed by atoms with E-state index in [0.29, 0.717) is 0 Å². The van der Waals surface area contributed by atoms with Gasteiger partial charge in [0.15, 0.2) is 0 Å². The van der Waals surface area contributed by atoms with Crippen molar-refractivity contribution in [2.45, 2.75) is 51.4 Å². The fourth-order valence-corrected chi connectivity index (χ4v) is 14.3. The quantitative estimate of drug-likeness (QED) is 0.101. The zero-order valence-corrected chi connectivity index (χ0v) is 49.4. The zero-order valence-electron chi connectivity index (χ0n) is 49.4. The van der Waals surface area contributed by atoms with Crippen molar-refractivity contribution in [1.29, 1.82) is 0 Å². The van der Waals surface area contributed by atoms with Gasteiger partial charge >= 0.3 is 0 Å². The van der Waals surface area contributed by atoms with Crippen LogP contribution in [-0.4, -0.2) is 0 Å². The first-order chi connectivity index (χ1) is 42.1. The molecule has 14 rings (SSSR count). The minimum atomic E-state index is -0.446. The molecule has 0 spiro atoms. The Labute approximate surface area is 508 Å². The highest BCUT2D eigenvalue weighted by atomic mass is 15.1. The Bertz CT molecular complexity index is 4220. The van der Waals surface area contributed by atoms with Crippen molar-refractivity contribution in [3.63, 3.8) is 0 Å². The first-order valence-electron chi connectivity index (χ1n) is 30.1. The van der Waals surface area contributed by atoms with E-state index in [1.807, 2.05) is 12.2 Å². The van der Waals surface area contributed by atoms with E-state index in [2.05, 4.69) is 330 Å². The van der Waals surface area contributed by atoms with E-state index in [1.54, 1.807) is 0 Å². The summed E-state index contributed by atoms with van der Waals surface area (Å²) in [6.45, 7) is 17.1. The molecule has 0 bridgehead atoms. The third-order valence-electron chi connectivity index (χ3n) is 18.5. The molecular formula is C84H68N2. The Balaban J connectivity index is 0.845. The van der Waals surface area contributed by atoms with Crippen molar-refractivity contribution in [2.75, 3.05) is 9.80 Å². The second-order valence-electron chi connectivity index (χ2n) is 23.7. The number of anilines is 6. The van der Waals surface area contributed by atoms with Gasteiger partial charge in [0.05, 0.1) is 10.8 Å². The van der Waals surface area contributed by atoms with Gasteiger partial charge in [0.25, 0.3) is 0 Å². The molecule has 2 aliphatic carbocycles. The van der Waals surface area contributed by atoms with Crippen LogP contribution in [0.5, 0.6) is 0 Å². The lowest BCUT2D eigenvalue weighted by molar-refractivity contribution is 0.624. The molecule has 0 saturated heterocycles. The van der Waals surface area contributed by atoms with Crippen LogP contribution in [0.25, 0.3) is 45.5 Å². The molecule has 0 amide bonds. The SMILES string of the molecule is C=Cc1ccc(CC2(c3cc(C)ccc3C)c3ccccc3-c3ccc(N(c4ccccc4)c4ccc(-c5ccc(N(c6ccccc6)c6ccc7c(c6)C(Cc6ccc(C=C)cc6)(c6cc(C)ccc6C)c6ccccc6-7)cc5)cc4)cc32)cc1. The molecule has 414 valence electrons. The predicted molar refractivity (Wildman–Crippen MR) is 364 cm³/mol. The summed E-state index contributed by atoms with van der Waals surface area (Å²) in [5.74, 6) is 0. The number of hydrogen-bond donors (Lipinski definition) is 0. The molecule has 0 radical (unpaired) electrons. The lowest BCUT2D eigenvalue weighted by Crippen LogP contribution is -2.31. The summed E-state index contributed by atoms with van der Waals surface area (Å²) in [4.78, 5) is 4.84. The second-order valence-corrected chi connectivity index (χ2v) is 23.7. The molecular weight excluding hydrogens is 1040 g/mol. The average molecular weight is 1110 g/mol. The highest BCUT2D eigenvalue weighted by Gasteiger charge is 2.47. The summed E-state index contributed by atoms with van der Waals surface area (Å²) in [7, 11) is 0. The van der Waals surface area contributed by atoms with Crippen LogP contribution < -0.4 is 9.80 Å². The van der Waals surface area contributed by atoms with Crippen LogP contribution in [0.3, 0.4) is 0 Å². The number of rotatable bonds is 15. The Morgan fingerprint density at radius 1 is 0.291 bits per heavy atom. The van der Waals surface area contributed by atoms with Crippen LogP contribution in [0.2, 0.25) is 0 Å². The zero-order chi connectivity index (χ0) is 58.5. The molecule has 2 heteroatoms. The summed E-state index contributed by atoms with van der Waals surface area (Å²) in [5.41, 5.74) is 31.1. The monoisotopic (exact) mass is 1100 g/mol. The molecule has 0 heterocycles. The van der Waals surface area contributed by atoms with E-state index in [-0.39, 0.29) is 0 Å². The maximum atomic E-state index is 4.06. The minimum absolute atomic E-state index is 0.446. The lowest BCUT2D eigenvalue weighted by Gasteiger charge is -2.36. The van der Waals surface area contributed by atoms with Crippen LogP contribution in [0.15, 0.2) is 292 Å². The molecule has 0 aliphatic heterocycles. The van der Waals surface area contributed by atoms with Gasteiger partial charge in [-0.3, -0.25) is 0 Å². The van der Waals surface area contributed by atoms with Crippen LogP contribution in [0.1, 0.15) is 77.9 Å². The van der Waals surface area contributed by atoms with Gasteiger partial charge < -0.3 is 9.80 Å². The van der Waals surface area contributed by atoms with Crippen molar-refractivity contribution in [3.05, 3.63) is 370 Å². The molecule has 0 fully saturated rings. The molecule has 12 aromatic carbocycles. The fraction of sp³-hybridized carbons (Fsp3) is 0.0952. The Morgan fingerprint density at radius 3 is 1.01 bits per heavy atom. The van der Waals surface area contributed by atoms with E-state index >= 15 is 0 Å². The summed E-state index contributed by atoms with van der Waals surface area (Å²) in [6, 6.07) is 104. The van der Waals surface area contributed by atoms with Crippen LogP contribution in [0.4, 0.5) is 34.1 Å². The van der Waals surface area contributed by atoms with Gasteiger partial charge in [0.2, 0.25) is 0 Å². The molecule has 2 nitrogen and oxygen atoms in total. The Kier molecular flexibility index (Phi) is 13.8. The number of benzene rings is 12. The van der Waals surface area contributed by atoms with Gasteiger partial charge in [-0.15, -0.1) is 0 Å². The fourth-order valence-electron chi connectivity index (χ4n) is 14.3. The molecule has 2 unspecified atom stereocenters. The highest BCUT2D eigenvalue weighted by molar-refractivity contribution is 5.90. The van der Waals surface area contributed by atoms with Crippen molar-refractivity contribution < 1.29 is 0 Å². The van der Waals surface area contributed by atoms with Crippen molar-refractivity contribution in [3.8, 4) is 33.4 Å². The third kappa shape index (κ3) is 9.21. The number of aryl methyl sites for hydroxylation is 4. The highest BCUT2D eigenvalue weighted by Crippen LogP contribution is 2.58. The Hall–Kier alpha value is -10.3. The predicted octanol–water partition coefficient (Wildman–Crippen LogP) is 21.9. The number of fused-ring (bicyclic) bond motifs is 6.